The largest absolute Gasteiger partial charge is 0.368 e. The van der Waals surface area contributed by atoms with Crippen LogP contribution >= 0.6 is 0 Å². The standard InChI is InChI=1S/C16H32N2O/c1-13(2)8-7-9-18(12-13)16(11-17)10-14(3,4)19-15(16,5)6/h7-12,17H2,1-6H3. The summed E-state index contributed by atoms with van der Waals surface area (Å²) in [6.45, 7) is 16.5. The van der Waals surface area contributed by atoms with Crippen LogP contribution in [0.1, 0.15) is 60.8 Å². The molecule has 112 valence electrons. The zero-order chi connectivity index (χ0) is 14.5. The van der Waals surface area contributed by atoms with Crippen LogP contribution in [0.15, 0.2) is 0 Å². The molecule has 3 nitrogen and oxygen atoms in total. The number of likely N-dealkylation sites (tertiary alicyclic amines) is 1. The molecule has 0 aromatic heterocycles. The van der Waals surface area contributed by atoms with Gasteiger partial charge in [0.05, 0.1) is 16.7 Å². The Kier molecular flexibility index (Phi) is 3.57. The van der Waals surface area contributed by atoms with E-state index >= 15 is 0 Å². The van der Waals surface area contributed by atoms with Crippen LogP contribution in [0.5, 0.6) is 0 Å². The molecule has 2 fully saturated rings. The fourth-order valence-electron chi connectivity index (χ4n) is 4.47. The third-order valence-electron chi connectivity index (χ3n) is 5.21. The Labute approximate surface area is 118 Å². The highest BCUT2D eigenvalue weighted by molar-refractivity contribution is 5.14. The molecule has 0 radical (unpaired) electrons. The smallest absolute Gasteiger partial charge is 0.0830 e. The van der Waals surface area contributed by atoms with E-state index in [4.69, 9.17) is 10.5 Å². The van der Waals surface area contributed by atoms with Crippen molar-refractivity contribution in [2.24, 2.45) is 11.1 Å². The van der Waals surface area contributed by atoms with Gasteiger partial charge in [-0.25, -0.2) is 0 Å². The number of piperidine rings is 1. The second kappa shape index (κ2) is 4.44. The van der Waals surface area contributed by atoms with E-state index in [2.05, 4.69) is 46.4 Å². The molecule has 1 unspecified atom stereocenters. The summed E-state index contributed by atoms with van der Waals surface area (Å²) in [6, 6.07) is 0. The molecule has 2 heterocycles. The molecule has 2 rings (SSSR count). The number of rotatable bonds is 2. The van der Waals surface area contributed by atoms with Crippen LogP contribution in [-0.4, -0.2) is 41.3 Å². The molecule has 0 aliphatic carbocycles. The van der Waals surface area contributed by atoms with Gasteiger partial charge in [0.15, 0.2) is 0 Å². The summed E-state index contributed by atoms with van der Waals surface area (Å²) in [5, 5.41) is 0. The third-order valence-corrected chi connectivity index (χ3v) is 5.21. The van der Waals surface area contributed by atoms with Crippen molar-refractivity contribution in [1.82, 2.24) is 4.90 Å². The molecule has 2 saturated heterocycles. The van der Waals surface area contributed by atoms with Crippen LogP contribution in [0.2, 0.25) is 0 Å². The van der Waals surface area contributed by atoms with E-state index in [0.717, 1.165) is 19.5 Å². The highest BCUT2D eigenvalue weighted by Crippen LogP contribution is 2.49. The first-order valence-corrected chi connectivity index (χ1v) is 7.69. The van der Waals surface area contributed by atoms with E-state index in [0.29, 0.717) is 12.0 Å². The Hall–Kier alpha value is -0.120. The first kappa shape index (κ1) is 15.3. The van der Waals surface area contributed by atoms with Crippen molar-refractivity contribution in [2.45, 2.75) is 77.5 Å². The highest BCUT2D eigenvalue weighted by Gasteiger charge is 2.59. The fraction of sp³-hybridized carbons (Fsp3) is 1.00. The molecule has 0 aromatic rings. The van der Waals surface area contributed by atoms with Crippen LogP contribution in [0, 0.1) is 5.41 Å². The van der Waals surface area contributed by atoms with Gasteiger partial charge in [-0.1, -0.05) is 13.8 Å². The van der Waals surface area contributed by atoms with E-state index < -0.39 is 0 Å². The van der Waals surface area contributed by atoms with Crippen molar-refractivity contribution in [3.05, 3.63) is 0 Å². The molecule has 19 heavy (non-hydrogen) atoms. The van der Waals surface area contributed by atoms with Crippen LogP contribution < -0.4 is 5.73 Å². The lowest BCUT2D eigenvalue weighted by Crippen LogP contribution is -2.66. The summed E-state index contributed by atoms with van der Waals surface area (Å²) < 4.78 is 6.34. The maximum absolute atomic E-state index is 6.34. The Morgan fingerprint density at radius 2 is 1.74 bits per heavy atom. The summed E-state index contributed by atoms with van der Waals surface area (Å²) in [4.78, 5) is 2.63. The van der Waals surface area contributed by atoms with Gasteiger partial charge >= 0.3 is 0 Å². The van der Waals surface area contributed by atoms with Crippen molar-refractivity contribution < 1.29 is 4.74 Å². The lowest BCUT2D eigenvalue weighted by Gasteiger charge is -2.52. The van der Waals surface area contributed by atoms with Gasteiger partial charge in [-0.15, -0.1) is 0 Å². The molecule has 2 N–H and O–H groups in total. The zero-order valence-corrected chi connectivity index (χ0v) is 13.7. The van der Waals surface area contributed by atoms with Gasteiger partial charge in [0, 0.05) is 13.1 Å². The lowest BCUT2D eigenvalue weighted by molar-refractivity contribution is -0.113. The number of nitrogens with two attached hydrogens (primary N) is 1. The zero-order valence-electron chi connectivity index (χ0n) is 13.7. The predicted octanol–water partition coefficient (Wildman–Crippen LogP) is 2.78. The van der Waals surface area contributed by atoms with Crippen molar-refractivity contribution in [3.63, 3.8) is 0 Å². The molecule has 0 amide bonds. The minimum absolute atomic E-state index is 0.0197. The van der Waals surface area contributed by atoms with Crippen LogP contribution in [0.3, 0.4) is 0 Å². The SMILES string of the molecule is CC1(C)CCCN(C2(CN)CC(C)(C)OC2(C)C)C1. The molecule has 0 spiro atoms. The highest BCUT2D eigenvalue weighted by atomic mass is 16.5. The number of ether oxygens (including phenoxy) is 1. The fourth-order valence-corrected chi connectivity index (χ4v) is 4.47. The molecule has 0 aromatic carbocycles. The molecule has 2 aliphatic rings. The quantitative estimate of drug-likeness (QED) is 0.837. The number of nitrogens with zero attached hydrogens (tertiary/aromatic N) is 1. The summed E-state index contributed by atoms with van der Waals surface area (Å²) in [7, 11) is 0. The monoisotopic (exact) mass is 268 g/mol. The Morgan fingerprint density at radius 3 is 2.16 bits per heavy atom. The van der Waals surface area contributed by atoms with Gasteiger partial charge in [0.2, 0.25) is 0 Å². The Bertz CT molecular complexity index is 349. The summed E-state index contributed by atoms with van der Waals surface area (Å²) in [6.07, 6.45) is 3.61. The molecular weight excluding hydrogens is 236 g/mol. The van der Waals surface area contributed by atoms with E-state index in [9.17, 15) is 0 Å². The van der Waals surface area contributed by atoms with Gasteiger partial charge in [0.1, 0.15) is 0 Å². The summed E-state index contributed by atoms with van der Waals surface area (Å²) in [5.41, 5.74) is 6.37. The minimum Gasteiger partial charge on any atom is -0.368 e. The summed E-state index contributed by atoms with van der Waals surface area (Å²) in [5.74, 6) is 0. The van der Waals surface area contributed by atoms with E-state index in [1.165, 1.54) is 12.8 Å². The predicted molar refractivity (Wildman–Crippen MR) is 80.2 cm³/mol. The van der Waals surface area contributed by atoms with E-state index in [1.807, 2.05) is 0 Å². The van der Waals surface area contributed by atoms with Crippen LogP contribution in [0.25, 0.3) is 0 Å². The van der Waals surface area contributed by atoms with Gasteiger partial charge in [0.25, 0.3) is 0 Å². The Morgan fingerprint density at radius 1 is 1.11 bits per heavy atom. The van der Waals surface area contributed by atoms with E-state index in [-0.39, 0.29) is 16.7 Å². The van der Waals surface area contributed by atoms with E-state index in [1.54, 1.807) is 0 Å². The average Bonchev–Trinajstić information content (AvgIpc) is 2.42. The molecule has 1 atom stereocenters. The second-order valence-electron chi connectivity index (χ2n) is 8.47. The minimum atomic E-state index is -0.182. The average molecular weight is 268 g/mol. The number of hydrogen-bond acceptors (Lipinski definition) is 3. The lowest BCUT2D eigenvalue weighted by atomic mass is 9.74. The molecule has 3 heteroatoms. The van der Waals surface area contributed by atoms with Gasteiger partial charge < -0.3 is 10.5 Å². The molecular formula is C16H32N2O. The van der Waals surface area contributed by atoms with Crippen molar-refractivity contribution >= 4 is 0 Å². The Balaban J connectivity index is 2.32. The molecule has 0 bridgehead atoms. The first-order valence-electron chi connectivity index (χ1n) is 7.69. The van der Waals surface area contributed by atoms with Gasteiger partial charge in [-0.05, 0) is 58.9 Å². The van der Waals surface area contributed by atoms with Crippen molar-refractivity contribution in [1.29, 1.82) is 0 Å². The number of hydrogen-bond donors (Lipinski definition) is 1. The first-order chi connectivity index (χ1) is 8.54. The van der Waals surface area contributed by atoms with Crippen molar-refractivity contribution in [3.8, 4) is 0 Å². The second-order valence-corrected chi connectivity index (χ2v) is 8.47. The normalized spacial score (nSPS) is 37.4. The third kappa shape index (κ3) is 2.57. The maximum Gasteiger partial charge on any atom is 0.0830 e. The topological polar surface area (TPSA) is 38.5 Å². The molecule has 2 aliphatic heterocycles. The van der Waals surface area contributed by atoms with Gasteiger partial charge in [-0.3, -0.25) is 4.90 Å². The van der Waals surface area contributed by atoms with Gasteiger partial charge in [-0.2, -0.15) is 0 Å². The maximum atomic E-state index is 6.34. The van der Waals surface area contributed by atoms with Crippen LogP contribution in [0.4, 0.5) is 0 Å². The van der Waals surface area contributed by atoms with Crippen LogP contribution in [-0.2, 0) is 4.74 Å². The molecule has 0 saturated carbocycles. The van der Waals surface area contributed by atoms with Crippen molar-refractivity contribution in [2.75, 3.05) is 19.6 Å². The summed E-state index contributed by atoms with van der Waals surface area (Å²) >= 11 is 0.